The van der Waals surface area contributed by atoms with E-state index in [0.29, 0.717) is 16.2 Å². The molecule has 92 valence electrons. The van der Waals surface area contributed by atoms with Gasteiger partial charge < -0.3 is 10.2 Å². The van der Waals surface area contributed by atoms with Gasteiger partial charge in [0.25, 0.3) is 0 Å². The van der Waals surface area contributed by atoms with E-state index >= 15 is 0 Å². The number of hydrogen-bond donors (Lipinski definition) is 1. The molecule has 0 spiro atoms. The van der Waals surface area contributed by atoms with E-state index in [2.05, 4.69) is 15.2 Å². The third-order valence-electron chi connectivity index (χ3n) is 3.82. The minimum absolute atomic E-state index is 0.379. The molecule has 0 radical (unpaired) electrons. The molecule has 1 N–H and O–H groups in total. The Balaban J connectivity index is 1.78. The summed E-state index contributed by atoms with van der Waals surface area (Å²) in [7, 11) is 0. The molecule has 3 heterocycles. The Morgan fingerprint density at radius 3 is 3.06 bits per heavy atom. The zero-order valence-corrected chi connectivity index (χ0v) is 11.0. The van der Waals surface area contributed by atoms with Gasteiger partial charge in [0.2, 0.25) is 0 Å². The van der Waals surface area contributed by atoms with Crippen LogP contribution in [0.25, 0.3) is 0 Å². The average molecular weight is 272 g/mol. The molecule has 2 saturated heterocycles. The van der Waals surface area contributed by atoms with Crippen molar-refractivity contribution in [2.24, 2.45) is 5.92 Å². The first-order valence-corrected chi connectivity index (χ1v) is 6.79. The maximum Gasteiger partial charge on any atom is 0.147 e. The van der Waals surface area contributed by atoms with E-state index in [1.807, 2.05) is 12.3 Å². The Hall–Kier alpha value is -0.510. The number of piperidine rings is 1. The summed E-state index contributed by atoms with van der Waals surface area (Å²) in [6.45, 7) is 3.29. The molecule has 2 aliphatic rings. The number of aromatic nitrogens is 1. The zero-order valence-electron chi connectivity index (χ0n) is 9.50. The second-order valence-corrected chi connectivity index (χ2v) is 5.58. The molecule has 2 aliphatic heterocycles. The van der Waals surface area contributed by atoms with Gasteiger partial charge in [0.05, 0.1) is 16.9 Å². The number of halogens is 2. The van der Waals surface area contributed by atoms with Gasteiger partial charge >= 0.3 is 0 Å². The fourth-order valence-corrected chi connectivity index (χ4v) is 3.11. The van der Waals surface area contributed by atoms with Crippen LogP contribution < -0.4 is 10.2 Å². The monoisotopic (exact) mass is 271 g/mol. The first-order chi connectivity index (χ1) is 8.24. The van der Waals surface area contributed by atoms with Crippen molar-refractivity contribution in [1.29, 1.82) is 0 Å². The maximum atomic E-state index is 6.01. The second kappa shape index (κ2) is 4.63. The lowest BCUT2D eigenvalue weighted by Gasteiger charge is -2.36. The predicted octanol–water partition coefficient (Wildman–Crippen LogP) is 2.58. The molecule has 0 unspecified atom stereocenters. The summed E-state index contributed by atoms with van der Waals surface area (Å²) in [5.41, 5.74) is 1.08. The lowest BCUT2D eigenvalue weighted by atomic mass is 9.92. The lowest BCUT2D eigenvalue weighted by molar-refractivity contribution is 0.373. The van der Waals surface area contributed by atoms with Crippen LogP contribution in [0.4, 0.5) is 5.69 Å². The third-order valence-corrected chi connectivity index (χ3v) is 4.51. The smallest absolute Gasteiger partial charge is 0.147 e. The molecular formula is C12H15Cl2N3. The summed E-state index contributed by atoms with van der Waals surface area (Å²) < 4.78 is 0. The van der Waals surface area contributed by atoms with Gasteiger partial charge in [0, 0.05) is 19.1 Å². The molecule has 0 saturated carbocycles. The number of fused-ring (bicyclic) bond motifs is 1. The third kappa shape index (κ3) is 2.24. The molecular weight excluding hydrogens is 257 g/mol. The number of nitrogens with zero attached hydrogens (tertiary/aromatic N) is 2. The van der Waals surface area contributed by atoms with Gasteiger partial charge in [-0.15, -0.1) is 0 Å². The molecule has 1 aromatic heterocycles. The van der Waals surface area contributed by atoms with E-state index < -0.39 is 0 Å². The molecule has 2 atom stereocenters. The van der Waals surface area contributed by atoms with Crippen LogP contribution in [0.15, 0.2) is 12.3 Å². The summed E-state index contributed by atoms with van der Waals surface area (Å²) in [5.74, 6) is 0.849. The first kappa shape index (κ1) is 11.6. The number of nitrogens with one attached hydrogen (secondary N) is 1. The van der Waals surface area contributed by atoms with Crippen LogP contribution in [0.1, 0.15) is 12.8 Å². The molecule has 1 aromatic rings. The van der Waals surface area contributed by atoms with E-state index in [1.54, 1.807) is 0 Å². The van der Waals surface area contributed by atoms with Crippen LogP contribution in [0, 0.1) is 5.92 Å². The summed E-state index contributed by atoms with van der Waals surface area (Å²) in [6, 6.07) is 2.53. The molecule has 5 heteroatoms. The van der Waals surface area contributed by atoms with Crippen LogP contribution in [-0.4, -0.2) is 30.7 Å². The number of pyridine rings is 1. The SMILES string of the molecule is Clc1cc(N2CC[C@H]3CCN[C@H]3C2)cnc1Cl. The summed E-state index contributed by atoms with van der Waals surface area (Å²) in [6.07, 6.45) is 4.37. The molecule has 0 aliphatic carbocycles. The van der Waals surface area contributed by atoms with Gasteiger partial charge in [-0.25, -0.2) is 4.98 Å². The van der Waals surface area contributed by atoms with E-state index in [9.17, 15) is 0 Å². The largest absolute Gasteiger partial charge is 0.369 e. The molecule has 0 bridgehead atoms. The van der Waals surface area contributed by atoms with Crippen molar-refractivity contribution in [2.45, 2.75) is 18.9 Å². The first-order valence-electron chi connectivity index (χ1n) is 6.03. The average Bonchev–Trinajstić information content (AvgIpc) is 2.79. The highest BCUT2D eigenvalue weighted by Gasteiger charge is 2.32. The van der Waals surface area contributed by atoms with Crippen molar-refractivity contribution >= 4 is 28.9 Å². The Morgan fingerprint density at radius 1 is 1.35 bits per heavy atom. The zero-order chi connectivity index (χ0) is 11.8. The number of anilines is 1. The second-order valence-electron chi connectivity index (χ2n) is 4.81. The van der Waals surface area contributed by atoms with E-state index in [0.717, 1.165) is 31.2 Å². The fourth-order valence-electron chi connectivity index (χ4n) is 2.85. The van der Waals surface area contributed by atoms with Crippen molar-refractivity contribution in [3.63, 3.8) is 0 Å². The van der Waals surface area contributed by atoms with Crippen molar-refractivity contribution in [3.8, 4) is 0 Å². The summed E-state index contributed by atoms with van der Waals surface area (Å²) in [4.78, 5) is 6.45. The van der Waals surface area contributed by atoms with Crippen molar-refractivity contribution in [3.05, 3.63) is 22.4 Å². The van der Waals surface area contributed by atoms with Crippen LogP contribution >= 0.6 is 23.2 Å². The quantitative estimate of drug-likeness (QED) is 0.796. The molecule has 2 fully saturated rings. The van der Waals surface area contributed by atoms with Crippen LogP contribution in [-0.2, 0) is 0 Å². The number of hydrogen-bond acceptors (Lipinski definition) is 3. The Kier molecular flexibility index (Phi) is 3.16. The van der Waals surface area contributed by atoms with Crippen LogP contribution in [0.2, 0.25) is 10.2 Å². The van der Waals surface area contributed by atoms with Gasteiger partial charge in [0.15, 0.2) is 0 Å². The maximum absolute atomic E-state index is 6.01. The highest BCUT2D eigenvalue weighted by molar-refractivity contribution is 6.41. The standard InChI is InChI=1S/C12H15Cl2N3/c13-10-5-9(6-16-12(10)14)17-4-2-8-1-3-15-11(8)7-17/h5-6,8,11,15H,1-4,7H2/t8-,11+/m1/s1. The number of rotatable bonds is 1. The molecule has 3 nitrogen and oxygen atoms in total. The fraction of sp³-hybridized carbons (Fsp3) is 0.583. The Morgan fingerprint density at radius 2 is 2.24 bits per heavy atom. The minimum Gasteiger partial charge on any atom is -0.369 e. The van der Waals surface area contributed by atoms with Crippen LogP contribution in [0.5, 0.6) is 0 Å². The predicted molar refractivity (Wildman–Crippen MR) is 71.0 cm³/mol. The topological polar surface area (TPSA) is 28.2 Å². The summed E-state index contributed by atoms with van der Waals surface area (Å²) in [5, 5.41) is 4.48. The van der Waals surface area contributed by atoms with E-state index in [-0.39, 0.29) is 0 Å². The Bertz CT molecular complexity index is 424. The molecule has 3 rings (SSSR count). The minimum atomic E-state index is 0.379. The normalized spacial score (nSPS) is 28.2. The van der Waals surface area contributed by atoms with Gasteiger partial charge in [0.1, 0.15) is 5.15 Å². The van der Waals surface area contributed by atoms with Gasteiger partial charge in [-0.2, -0.15) is 0 Å². The van der Waals surface area contributed by atoms with Crippen molar-refractivity contribution in [2.75, 3.05) is 24.5 Å². The van der Waals surface area contributed by atoms with Gasteiger partial charge in [-0.05, 0) is 31.4 Å². The molecule has 0 aromatic carbocycles. The highest BCUT2D eigenvalue weighted by atomic mass is 35.5. The highest BCUT2D eigenvalue weighted by Crippen LogP contribution is 2.30. The van der Waals surface area contributed by atoms with Crippen molar-refractivity contribution in [1.82, 2.24) is 10.3 Å². The van der Waals surface area contributed by atoms with Crippen molar-refractivity contribution < 1.29 is 0 Å². The lowest BCUT2D eigenvalue weighted by Crippen LogP contribution is -2.46. The van der Waals surface area contributed by atoms with E-state index in [4.69, 9.17) is 23.2 Å². The molecule has 0 amide bonds. The van der Waals surface area contributed by atoms with Crippen LogP contribution in [0.3, 0.4) is 0 Å². The Labute approximate surface area is 111 Å². The molecule has 17 heavy (non-hydrogen) atoms. The summed E-state index contributed by atoms with van der Waals surface area (Å²) >= 11 is 11.8. The van der Waals surface area contributed by atoms with E-state index in [1.165, 1.54) is 12.8 Å². The van der Waals surface area contributed by atoms with Gasteiger partial charge in [-0.1, -0.05) is 23.2 Å². The van der Waals surface area contributed by atoms with Gasteiger partial charge in [-0.3, -0.25) is 0 Å².